The van der Waals surface area contributed by atoms with Crippen LogP contribution in [0.1, 0.15) is 52.6 Å². The average Bonchev–Trinajstić information content (AvgIpc) is 2.35. The Labute approximate surface area is 122 Å². The Hall–Kier alpha value is -1.35. The Morgan fingerprint density at radius 2 is 1.75 bits per heavy atom. The van der Waals surface area contributed by atoms with Crippen LogP contribution in [-0.2, 0) is 9.53 Å². The zero-order valence-electron chi connectivity index (χ0n) is 13.5. The van der Waals surface area contributed by atoms with Crippen molar-refractivity contribution >= 4 is 5.97 Å². The highest BCUT2D eigenvalue weighted by atomic mass is 16.6. The van der Waals surface area contributed by atoms with Gasteiger partial charge in [0, 0.05) is 12.1 Å². The van der Waals surface area contributed by atoms with Crippen LogP contribution in [0.3, 0.4) is 0 Å². The minimum atomic E-state index is -0.416. The number of hydrogen-bond donors (Lipinski definition) is 0. The van der Waals surface area contributed by atoms with Crippen LogP contribution in [0.4, 0.5) is 0 Å². The van der Waals surface area contributed by atoms with E-state index in [-0.39, 0.29) is 18.1 Å². The molecule has 0 aliphatic carbocycles. The molecule has 3 nitrogen and oxygen atoms in total. The molecule has 1 aromatic carbocycles. The van der Waals surface area contributed by atoms with Crippen molar-refractivity contribution in [3.8, 4) is 0 Å². The minimum Gasteiger partial charge on any atom is -0.460 e. The van der Waals surface area contributed by atoms with E-state index in [0.29, 0.717) is 6.42 Å². The van der Waals surface area contributed by atoms with Gasteiger partial charge in [-0.1, -0.05) is 30.3 Å². The number of carbonyl (C=O) groups is 1. The molecule has 1 aromatic rings. The van der Waals surface area contributed by atoms with Crippen LogP contribution in [0.2, 0.25) is 0 Å². The smallest absolute Gasteiger partial charge is 0.307 e. The first-order valence-electron chi connectivity index (χ1n) is 7.19. The Balaban J connectivity index is 2.59. The molecule has 0 unspecified atom stereocenters. The molecule has 0 heterocycles. The van der Waals surface area contributed by atoms with Crippen molar-refractivity contribution in [2.24, 2.45) is 0 Å². The summed E-state index contributed by atoms with van der Waals surface area (Å²) < 4.78 is 5.38. The van der Waals surface area contributed by atoms with E-state index in [9.17, 15) is 4.79 Å². The van der Waals surface area contributed by atoms with Gasteiger partial charge in [0.25, 0.3) is 0 Å². The monoisotopic (exact) mass is 277 g/mol. The summed E-state index contributed by atoms with van der Waals surface area (Å²) in [6.45, 7) is 9.90. The first-order chi connectivity index (χ1) is 9.20. The summed E-state index contributed by atoms with van der Waals surface area (Å²) in [7, 11) is 2.05. The summed E-state index contributed by atoms with van der Waals surface area (Å²) in [5, 5.41) is 0. The summed E-state index contributed by atoms with van der Waals surface area (Å²) in [4.78, 5) is 14.1. The normalized spacial score (nSPS) is 14.9. The molecule has 0 bridgehead atoms. The third-order valence-electron chi connectivity index (χ3n) is 3.47. The van der Waals surface area contributed by atoms with E-state index in [1.54, 1.807) is 0 Å². The van der Waals surface area contributed by atoms with Crippen LogP contribution in [0.25, 0.3) is 0 Å². The molecular weight excluding hydrogens is 250 g/mol. The highest BCUT2D eigenvalue weighted by Crippen LogP contribution is 2.22. The van der Waals surface area contributed by atoms with Gasteiger partial charge in [0.2, 0.25) is 0 Å². The molecule has 0 aromatic heterocycles. The van der Waals surface area contributed by atoms with Crippen LogP contribution in [-0.4, -0.2) is 29.6 Å². The number of carbonyl (C=O) groups excluding carboxylic acids is 1. The van der Waals surface area contributed by atoms with Gasteiger partial charge in [0.1, 0.15) is 5.60 Å². The molecule has 0 radical (unpaired) electrons. The van der Waals surface area contributed by atoms with Crippen LogP contribution < -0.4 is 0 Å². The Bertz CT molecular complexity index is 422. The molecule has 0 amide bonds. The van der Waals surface area contributed by atoms with E-state index in [1.807, 2.05) is 46.0 Å². The predicted octanol–water partition coefficient (Wildman–Crippen LogP) is 3.80. The topological polar surface area (TPSA) is 29.5 Å². The molecule has 0 aliphatic heterocycles. The fraction of sp³-hybridized carbons (Fsp3) is 0.588. The predicted molar refractivity (Wildman–Crippen MR) is 82.5 cm³/mol. The molecule has 0 saturated heterocycles. The average molecular weight is 277 g/mol. The van der Waals surface area contributed by atoms with Crippen molar-refractivity contribution < 1.29 is 9.53 Å². The van der Waals surface area contributed by atoms with Crippen molar-refractivity contribution in [2.45, 2.75) is 58.7 Å². The molecule has 0 aliphatic rings. The lowest BCUT2D eigenvalue weighted by atomic mass is 10.0. The quantitative estimate of drug-likeness (QED) is 0.767. The van der Waals surface area contributed by atoms with Crippen molar-refractivity contribution in [2.75, 3.05) is 7.05 Å². The third kappa shape index (κ3) is 5.33. The second-order valence-electron chi connectivity index (χ2n) is 6.39. The molecule has 0 spiro atoms. The first kappa shape index (κ1) is 16.7. The van der Waals surface area contributed by atoms with Crippen LogP contribution in [0, 0.1) is 0 Å². The van der Waals surface area contributed by atoms with Gasteiger partial charge in [-0.3, -0.25) is 9.69 Å². The molecule has 20 heavy (non-hydrogen) atoms. The fourth-order valence-corrected chi connectivity index (χ4v) is 2.12. The largest absolute Gasteiger partial charge is 0.460 e. The van der Waals surface area contributed by atoms with Gasteiger partial charge in [-0.25, -0.2) is 0 Å². The zero-order valence-corrected chi connectivity index (χ0v) is 13.5. The standard InChI is InChI=1S/C17H27NO2/c1-13(12-16(19)20-17(3,4)5)18(6)14(2)15-10-8-7-9-11-15/h7-11,13-14H,12H2,1-6H3/t13-,14-/m1/s1. The van der Waals surface area contributed by atoms with Crippen LogP contribution in [0.15, 0.2) is 30.3 Å². The Morgan fingerprint density at radius 3 is 2.25 bits per heavy atom. The molecule has 0 saturated carbocycles. The fourth-order valence-electron chi connectivity index (χ4n) is 2.12. The van der Waals surface area contributed by atoms with Gasteiger partial charge in [-0.15, -0.1) is 0 Å². The van der Waals surface area contributed by atoms with E-state index >= 15 is 0 Å². The molecular formula is C17H27NO2. The van der Waals surface area contributed by atoms with Crippen molar-refractivity contribution in [3.63, 3.8) is 0 Å². The molecule has 1 rings (SSSR count). The van der Waals surface area contributed by atoms with E-state index in [0.717, 1.165) is 0 Å². The highest BCUT2D eigenvalue weighted by Gasteiger charge is 2.23. The third-order valence-corrected chi connectivity index (χ3v) is 3.47. The summed E-state index contributed by atoms with van der Waals surface area (Å²) in [5.74, 6) is -0.142. The number of benzene rings is 1. The molecule has 2 atom stereocenters. The second-order valence-corrected chi connectivity index (χ2v) is 6.39. The van der Waals surface area contributed by atoms with Gasteiger partial charge in [-0.2, -0.15) is 0 Å². The van der Waals surface area contributed by atoms with Crippen LogP contribution in [0.5, 0.6) is 0 Å². The van der Waals surface area contributed by atoms with Crippen molar-refractivity contribution in [1.82, 2.24) is 4.90 Å². The van der Waals surface area contributed by atoms with Crippen molar-refractivity contribution in [3.05, 3.63) is 35.9 Å². The van der Waals surface area contributed by atoms with Gasteiger partial charge in [0.05, 0.1) is 6.42 Å². The van der Waals surface area contributed by atoms with Gasteiger partial charge in [-0.05, 0) is 47.2 Å². The van der Waals surface area contributed by atoms with Crippen LogP contribution >= 0.6 is 0 Å². The lowest BCUT2D eigenvalue weighted by molar-refractivity contribution is -0.156. The first-order valence-corrected chi connectivity index (χ1v) is 7.19. The lowest BCUT2D eigenvalue weighted by Crippen LogP contribution is -2.35. The van der Waals surface area contributed by atoms with Gasteiger partial charge >= 0.3 is 5.97 Å². The van der Waals surface area contributed by atoms with Gasteiger partial charge < -0.3 is 4.74 Å². The summed E-state index contributed by atoms with van der Waals surface area (Å²) in [6.07, 6.45) is 0.408. The van der Waals surface area contributed by atoms with Crippen molar-refractivity contribution in [1.29, 1.82) is 0 Å². The van der Waals surface area contributed by atoms with E-state index in [4.69, 9.17) is 4.74 Å². The maximum Gasteiger partial charge on any atom is 0.307 e. The minimum absolute atomic E-state index is 0.139. The number of nitrogens with zero attached hydrogens (tertiary/aromatic N) is 1. The molecule has 0 N–H and O–H groups in total. The number of hydrogen-bond acceptors (Lipinski definition) is 3. The molecule has 3 heteroatoms. The highest BCUT2D eigenvalue weighted by molar-refractivity contribution is 5.70. The van der Waals surface area contributed by atoms with E-state index in [1.165, 1.54) is 5.56 Å². The molecule has 0 fully saturated rings. The SMILES string of the molecule is C[C@H](CC(=O)OC(C)(C)C)N(C)[C@H](C)c1ccccc1. The zero-order chi connectivity index (χ0) is 15.3. The van der Waals surface area contributed by atoms with Gasteiger partial charge in [0.15, 0.2) is 0 Å². The number of rotatable bonds is 5. The van der Waals surface area contributed by atoms with E-state index in [2.05, 4.69) is 30.9 Å². The summed E-state index contributed by atoms with van der Waals surface area (Å²) >= 11 is 0. The summed E-state index contributed by atoms with van der Waals surface area (Å²) in [6, 6.07) is 10.7. The maximum absolute atomic E-state index is 11.9. The number of esters is 1. The number of ether oxygens (including phenoxy) is 1. The lowest BCUT2D eigenvalue weighted by Gasteiger charge is -2.31. The Kier molecular flexibility index (Phi) is 5.75. The summed E-state index contributed by atoms with van der Waals surface area (Å²) in [5.41, 5.74) is 0.839. The Morgan fingerprint density at radius 1 is 1.20 bits per heavy atom. The maximum atomic E-state index is 11.9. The van der Waals surface area contributed by atoms with E-state index < -0.39 is 5.60 Å². The second kappa shape index (κ2) is 6.89. The molecule has 112 valence electrons.